The van der Waals surface area contributed by atoms with Crippen LogP contribution in [0.2, 0.25) is 0 Å². The van der Waals surface area contributed by atoms with Gasteiger partial charge in [-0.1, -0.05) is 0 Å². The van der Waals surface area contributed by atoms with Crippen molar-refractivity contribution in [2.45, 2.75) is 0 Å². The van der Waals surface area contributed by atoms with E-state index in [2.05, 4.69) is 0 Å². The monoisotopic (exact) mass is 413 g/mol. The fraction of sp³-hybridized carbons (Fsp3) is 0. The predicted octanol–water partition coefficient (Wildman–Crippen LogP) is -0.880. The Morgan fingerprint density at radius 3 is 1.25 bits per heavy atom. The first-order valence-electron chi connectivity index (χ1n) is 0.204. The molecule has 0 aliphatic carbocycles. The molecule has 0 unspecified atom stereocenters. The molecule has 0 aromatic carbocycles. The topological polar surface area (TPSA) is 17.1 Å². The van der Waals surface area contributed by atoms with Crippen LogP contribution >= 0.6 is 0 Å². The van der Waals surface area contributed by atoms with Crippen molar-refractivity contribution in [3.63, 3.8) is 0 Å². The van der Waals surface area contributed by atoms with Gasteiger partial charge in [0.25, 0.3) is 0 Å². The third kappa shape index (κ3) is 9.03. The molecule has 0 fully saturated rings. The zero-order valence-corrected chi connectivity index (χ0v) is 13.1. The van der Waals surface area contributed by atoms with Gasteiger partial charge in [-0.05, 0) is 0 Å². The molecule has 0 bridgehead atoms. The van der Waals surface area contributed by atoms with Gasteiger partial charge >= 0.3 is 25.6 Å². The molecular formula is BaLaOSn. The van der Waals surface area contributed by atoms with Crippen LogP contribution in [-0.4, -0.2) is 71.4 Å². The van der Waals surface area contributed by atoms with Crippen LogP contribution in [-0.2, 0) is 3.08 Å². The van der Waals surface area contributed by atoms with Crippen molar-refractivity contribution in [2.24, 2.45) is 0 Å². The van der Waals surface area contributed by atoms with E-state index in [1.54, 1.807) is 0 Å². The Morgan fingerprint density at radius 1 is 1.25 bits per heavy atom. The maximum atomic E-state index is 8.34. The Morgan fingerprint density at radius 2 is 1.25 bits per heavy atom. The van der Waals surface area contributed by atoms with Crippen molar-refractivity contribution in [1.29, 1.82) is 0 Å². The number of rotatable bonds is 0. The maximum absolute atomic E-state index is 8.34. The summed E-state index contributed by atoms with van der Waals surface area (Å²) in [6.07, 6.45) is 0. The molecule has 0 aromatic rings. The van der Waals surface area contributed by atoms with Gasteiger partial charge < -0.3 is 0 Å². The molecule has 0 rings (SSSR count). The standard InChI is InChI=1S/Ba.La.O.Sn. The average molecular weight is 411 g/mol. The molecule has 4 heteroatoms. The first-order valence-corrected chi connectivity index (χ1v) is 1.37. The molecule has 0 spiro atoms. The molecule has 15 valence electrons. The first-order chi connectivity index (χ1) is 1.00. The second-order valence-electron chi connectivity index (χ2n) is 0. The summed E-state index contributed by atoms with van der Waals surface area (Å²) in [6, 6.07) is 0. The van der Waals surface area contributed by atoms with Gasteiger partial charge in [-0.25, -0.2) is 0 Å². The molecule has 0 aliphatic heterocycles. The van der Waals surface area contributed by atoms with Crippen LogP contribution in [0.4, 0.5) is 0 Å². The summed E-state index contributed by atoms with van der Waals surface area (Å²) in [5, 5.41) is 0. The number of hydrogen-bond acceptors (Lipinski definition) is 1. The van der Waals surface area contributed by atoms with Crippen molar-refractivity contribution in [1.82, 2.24) is 0 Å². The van der Waals surface area contributed by atoms with E-state index in [1.807, 2.05) is 0 Å². The molecule has 0 saturated carbocycles. The minimum absolute atomic E-state index is 0. The second-order valence-corrected chi connectivity index (χ2v) is 0. The molecule has 1 nitrogen and oxygen atoms in total. The first kappa shape index (κ1) is 15.7. The second kappa shape index (κ2) is 16.2. The Balaban J connectivity index is -0.00000000500. The van der Waals surface area contributed by atoms with Crippen molar-refractivity contribution >= 4 is 71.4 Å². The van der Waals surface area contributed by atoms with Gasteiger partial charge in [0.05, 0.1) is 0 Å². The third-order valence-corrected chi connectivity index (χ3v) is 0. The van der Waals surface area contributed by atoms with Gasteiger partial charge in [0.2, 0.25) is 0 Å². The van der Waals surface area contributed by atoms with Gasteiger partial charge in [0.15, 0.2) is 0 Å². The quantitative estimate of drug-likeness (QED) is 0.474. The van der Waals surface area contributed by atoms with E-state index in [0.717, 1.165) is 0 Å². The average Bonchev–Trinajstić information content (AvgIpc) is 1.00. The molecule has 5 radical (unpaired) electrons. The van der Waals surface area contributed by atoms with Crippen LogP contribution in [0.3, 0.4) is 0 Å². The Bertz CT molecular complexity index is 8.00. The van der Waals surface area contributed by atoms with Crippen molar-refractivity contribution in [3.8, 4) is 0 Å². The summed E-state index contributed by atoms with van der Waals surface area (Å²) < 4.78 is 8.34. The van der Waals surface area contributed by atoms with E-state index in [4.69, 9.17) is 3.08 Å². The Labute approximate surface area is 107 Å². The third-order valence-electron chi connectivity index (χ3n) is 0. The summed E-state index contributed by atoms with van der Waals surface area (Å²) >= 11 is 0.300. The number of hydrogen-bond donors (Lipinski definition) is 0. The SMILES string of the molecule is [Ba].[La].[O]=[Sn]. The van der Waals surface area contributed by atoms with E-state index in [0.29, 0.717) is 22.5 Å². The van der Waals surface area contributed by atoms with Crippen LogP contribution in [0, 0.1) is 35.6 Å². The van der Waals surface area contributed by atoms with E-state index in [9.17, 15) is 0 Å². The van der Waals surface area contributed by atoms with Gasteiger partial charge in [-0.15, -0.1) is 0 Å². The molecule has 4 heavy (non-hydrogen) atoms. The van der Waals surface area contributed by atoms with Crippen LogP contribution in [0.1, 0.15) is 0 Å². The molecule has 0 amide bonds. The summed E-state index contributed by atoms with van der Waals surface area (Å²) in [4.78, 5) is 0. The fourth-order valence-corrected chi connectivity index (χ4v) is 0. The van der Waals surface area contributed by atoms with Crippen molar-refractivity contribution < 1.29 is 38.7 Å². The molecular weight excluding hydrogens is 411 g/mol. The normalized spacial score (nSPS) is 1.00. The molecule has 0 aliphatic rings. The Kier molecular flexibility index (Phi) is 63.3. The van der Waals surface area contributed by atoms with Crippen molar-refractivity contribution in [2.75, 3.05) is 0 Å². The minimum atomic E-state index is 0. The zero-order valence-electron chi connectivity index (χ0n) is 2.19. The van der Waals surface area contributed by atoms with E-state index in [1.165, 1.54) is 0 Å². The molecule has 0 saturated heterocycles. The van der Waals surface area contributed by atoms with Gasteiger partial charge in [0, 0.05) is 84.5 Å². The van der Waals surface area contributed by atoms with Crippen LogP contribution in [0.15, 0.2) is 0 Å². The summed E-state index contributed by atoms with van der Waals surface area (Å²) in [5.74, 6) is 0. The van der Waals surface area contributed by atoms with Gasteiger partial charge in [-0.2, -0.15) is 0 Å². The summed E-state index contributed by atoms with van der Waals surface area (Å²) in [5.41, 5.74) is 0. The Hall–Kier alpha value is 3.36. The van der Waals surface area contributed by atoms with Gasteiger partial charge in [-0.3, -0.25) is 0 Å². The van der Waals surface area contributed by atoms with Gasteiger partial charge in [0.1, 0.15) is 0 Å². The van der Waals surface area contributed by atoms with Crippen molar-refractivity contribution in [3.05, 3.63) is 0 Å². The van der Waals surface area contributed by atoms with Crippen LogP contribution in [0.5, 0.6) is 0 Å². The summed E-state index contributed by atoms with van der Waals surface area (Å²) in [7, 11) is 0. The predicted molar refractivity (Wildman–Crippen MR) is 12.2 cm³/mol. The summed E-state index contributed by atoms with van der Waals surface area (Å²) in [6.45, 7) is 0. The van der Waals surface area contributed by atoms with Crippen LogP contribution < -0.4 is 0 Å². The molecule has 0 aromatic heterocycles. The fourth-order valence-electron chi connectivity index (χ4n) is 0. The van der Waals surface area contributed by atoms with E-state index < -0.39 is 0 Å². The van der Waals surface area contributed by atoms with Crippen LogP contribution in [0.25, 0.3) is 0 Å². The zero-order chi connectivity index (χ0) is 2.00. The van der Waals surface area contributed by atoms with E-state index >= 15 is 0 Å². The molecule has 0 heterocycles. The molecule has 0 atom stereocenters. The van der Waals surface area contributed by atoms with E-state index in [-0.39, 0.29) is 84.5 Å². The molecule has 0 N–H and O–H groups in total.